The summed E-state index contributed by atoms with van der Waals surface area (Å²) in [7, 11) is -5.90. The molecule has 2 aliphatic rings. The molecule has 4 rings (SSSR count). The first-order valence-electron chi connectivity index (χ1n) is 9.82. The summed E-state index contributed by atoms with van der Waals surface area (Å²) in [6.45, 7) is -0.0650. The molecule has 2 fully saturated rings. The summed E-state index contributed by atoms with van der Waals surface area (Å²) in [5.74, 6) is 0. The molecule has 2 aromatic carbocycles. The molecule has 2 saturated heterocycles. The molecule has 0 aliphatic carbocycles. The molecule has 0 aromatic heterocycles. The molecule has 5 atom stereocenters. The predicted octanol–water partition coefficient (Wildman–Crippen LogP) is 3.15. The van der Waals surface area contributed by atoms with E-state index >= 15 is 0 Å². The number of hydrogen-bond donors (Lipinski definition) is 0. The minimum atomic E-state index is -5.90. The van der Waals surface area contributed by atoms with Crippen LogP contribution in [0.4, 0.5) is 13.2 Å². The molecule has 2 heterocycles. The largest absolute Gasteiger partial charge is 0.523 e. The fraction of sp³-hybridized carbons (Fsp3) is 0.429. The van der Waals surface area contributed by atoms with E-state index in [0.29, 0.717) is 0 Å². The van der Waals surface area contributed by atoms with E-state index in [1.807, 2.05) is 30.3 Å². The molecule has 7 nitrogen and oxygen atoms in total. The fourth-order valence-corrected chi connectivity index (χ4v) is 4.19. The van der Waals surface area contributed by atoms with Gasteiger partial charge in [-0.05, 0) is 11.1 Å². The Hall–Kier alpha value is -2.02. The summed E-state index contributed by atoms with van der Waals surface area (Å²) < 4.78 is 90.0. The lowest BCUT2D eigenvalue weighted by molar-refractivity contribution is -0.255. The smallest absolute Gasteiger partial charge is 0.368 e. The lowest BCUT2D eigenvalue weighted by Gasteiger charge is -2.39. The quantitative estimate of drug-likeness (QED) is 0.430. The number of ether oxygens (including phenoxy) is 4. The SMILES string of the molecule is O=S(=O)(OC1C2COC(O2)C(OCc2ccccc2)C1OCc1ccccc1)C(F)(F)F. The summed E-state index contributed by atoms with van der Waals surface area (Å²) in [5, 5.41) is 0. The van der Waals surface area contributed by atoms with Crippen LogP contribution in [0.5, 0.6) is 0 Å². The van der Waals surface area contributed by atoms with Crippen molar-refractivity contribution in [3.8, 4) is 0 Å². The predicted molar refractivity (Wildman–Crippen MR) is 104 cm³/mol. The zero-order valence-corrected chi connectivity index (χ0v) is 17.5. The zero-order valence-electron chi connectivity index (χ0n) is 16.7. The Kier molecular flexibility index (Phi) is 6.84. The molecule has 2 aromatic rings. The molecule has 174 valence electrons. The Labute approximate surface area is 183 Å². The van der Waals surface area contributed by atoms with Crippen LogP contribution in [0.3, 0.4) is 0 Å². The summed E-state index contributed by atoms with van der Waals surface area (Å²) in [4.78, 5) is 0. The molecule has 0 amide bonds. The van der Waals surface area contributed by atoms with Crippen molar-refractivity contribution in [1.82, 2.24) is 0 Å². The van der Waals surface area contributed by atoms with Gasteiger partial charge in [0.05, 0.1) is 19.8 Å². The van der Waals surface area contributed by atoms with E-state index in [-0.39, 0.29) is 19.8 Å². The average Bonchev–Trinajstić information content (AvgIpc) is 3.20. The van der Waals surface area contributed by atoms with Crippen LogP contribution in [0.1, 0.15) is 11.1 Å². The molecule has 2 bridgehead atoms. The summed E-state index contributed by atoms with van der Waals surface area (Å²) in [6, 6.07) is 18.0. The summed E-state index contributed by atoms with van der Waals surface area (Å²) in [6.07, 6.45) is -5.81. The van der Waals surface area contributed by atoms with Gasteiger partial charge >= 0.3 is 15.6 Å². The second-order valence-electron chi connectivity index (χ2n) is 7.36. The van der Waals surface area contributed by atoms with E-state index in [9.17, 15) is 21.6 Å². The van der Waals surface area contributed by atoms with Crippen molar-refractivity contribution in [2.75, 3.05) is 6.61 Å². The van der Waals surface area contributed by atoms with Crippen molar-refractivity contribution in [3.05, 3.63) is 71.8 Å². The van der Waals surface area contributed by atoms with Gasteiger partial charge in [0, 0.05) is 0 Å². The Morgan fingerprint density at radius 1 is 0.844 bits per heavy atom. The van der Waals surface area contributed by atoms with Gasteiger partial charge in [-0.3, -0.25) is 4.18 Å². The van der Waals surface area contributed by atoms with Crippen LogP contribution >= 0.6 is 0 Å². The number of alkyl halides is 3. The van der Waals surface area contributed by atoms with Crippen LogP contribution < -0.4 is 0 Å². The van der Waals surface area contributed by atoms with Crippen LogP contribution in [-0.4, -0.2) is 51.2 Å². The Bertz CT molecular complexity index is 985. The highest BCUT2D eigenvalue weighted by atomic mass is 32.2. The molecular formula is C21H21F3O7S. The second kappa shape index (κ2) is 9.46. The highest BCUT2D eigenvalue weighted by molar-refractivity contribution is 7.87. The normalized spacial score (nSPS) is 28.0. The zero-order chi connectivity index (χ0) is 22.8. The van der Waals surface area contributed by atoms with E-state index in [4.69, 9.17) is 18.9 Å². The van der Waals surface area contributed by atoms with Crippen LogP contribution in [0.25, 0.3) is 0 Å². The first-order valence-corrected chi connectivity index (χ1v) is 11.2. The third-order valence-electron chi connectivity index (χ3n) is 5.11. The van der Waals surface area contributed by atoms with Crippen molar-refractivity contribution in [1.29, 1.82) is 0 Å². The molecule has 2 aliphatic heterocycles. The number of benzene rings is 2. The van der Waals surface area contributed by atoms with E-state index in [1.54, 1.807) is 30.3 Å². The van der Waals surface area contributed by atoms with Gasteiger partial charge in [-0.25, -0.2) is 0 Å². The highest BCUT2D eigenvalue weighted by Crippen LogP contribution is 2.37. The van der Waals surface area contributed by atoms with Crippen LogP contribution in [-0.2, 0) is 46.5 Å². The van der Waals surface area contributed by atoms with Gasteiger partial charge in [0.2, 0.25) is 0 Å². The standard InChI is InChI=1S/C21H21F3O7S/c22-21(23,24)32(25,26)31-17-16-13-29-20(30-16)19(28-12-15-9-5-2-6-10-15)18(17)27-11-14-7-3-1-4-8-14/h1-10,16-20H,11-13H2. The van der Waals surface area contributed by atoms with Crippen molar-refractivity contribution < 1.29 is 44.7 Å². The van der Waals surface area contributed by atoms with Gasteiger partial charge in [0.15, 0.2) is 6.29 Å². The molecule has 0 spiro atoms. The van der Waals surface area contributed by atoms with Gasteiger partial charge in [0.1, 0.15) is 24.4 Å². The monoisotopic (exact) mass is 474 g/mol. The summed E-state index contributed by atoms with van der Waals surface area (Å²) in [5.41, 5.74) is -4.05. The van der Waals surface area contributed by atoms with Crippen LogP contribution in [0.15, 0.2) is 60.7 Å². The molecule has 32 heavy (non-hydrogen) atoms. The van der Waals surface area contributed by atoms with Crippen LogP contribution in [0.2, 0.25) is 0 Å². The molecule has 11 heteroatoms. The van der Waals surface area contributed by atoms with Crippen molar-refractivity contribution in [3.63, 3.8) is 0 Å². The van der Waals surface area contributed by atoms with E-state index < -0.39 is 46.3 Å². The van der Waals surface area contributed by atoms with Gasteiger partial charge in [-0.1, -0.05) is 60.7 Å². The third-order valence-corrected chi connectivity index (χ3v) is 6.15. The van der Waals surface area contributed by atoms with E-state index in [2.05, 4.69) is 4.18 Å². The Morgan fingerprint density at radius 3 is 1.91 bits per heavy atom. The maximum absolute atomic E-state index is 13.0. The minimum absolute atomic E-state index is 0.00205. The lowest BCUT2D eigenvalue weighted by Crippen LogP contribution is -2.58. The second-order valence-corrected chi connectivity index (χ2v) is 8.92. The maximum atomic E-state index is 13.0. The number of hydrogen-bond acceptors (Lipinski definition) is 7. The van der Waals surface area contributed by atoms with Crippen molar-refractivity contribution in [2.24, 2.45) is 0 Å². The number of fused-ring (bicyclic) bond motifs is 2. The lowest BCUT2D eigenvalue weighted by atomic mass is 10.0. The van der Waals surface area contributed by atoms with Gasteiger partial charge in [-0.15, -0.1) is 0 Å². The first kappa shape index (κ1) is 23.1. The minimum Gasteiger partial charge on any atom is -0.368 e. The molecule has 0 saturated carbocycles. The molecular weight excluding hydrogens is 453 g/mol. The molecule has 5 unspecified atom stereocenters. The third kappa shape index (κ3) is 5.13. The van der Waals surface area contributed by atoms with Crippen LogP contribution in [0, 0.1) is 0 Å². The van der Waals surface area contributed by atoms with Crippen molar-refractivity contribution >= 4 is 10.1 Å². The van der Waals surface area contributed by atoms with Gasteiger partial charge in [-0.2, -0.15) is 21.6 Å². The first-order chi connectivity index (χ1) is 15.2. The van der Waals surface area contributed by atoms with Gasteiger partial charge < -0.3 is 18.9 Å². The Balaban J connectivity index is 1.58. The van der Waals surface area contributed by atoms with Gasteiger partial charge in [0.25, 0.3) is 0 Å². The molecule has 0 radical (unpaired) electrons. The molecule has 0 N–H and O–H groups in total. The number of rotatable bonds is 8. The highest BCUT2D eigenvalue weighted by Gasteiger charge is 2.57. The maximum Gasteiger partial charge on any atom is 0.523 e. The van der Waals surface area contributed by atoms with Crippen molar-refractivity contribution in [2.45, 2.75) is 49.4 Å². The van der Waals surface area contributed by atoms with E-state index in [0.717, 1.165) is 11.1 Å². The van der Waals surface area contributed by atoms with E-state index in [1.165, 1.54) is 0 Å². The number of halogens is 3. The average molecular weight is 474 g/mol. The fourth-order valence-electron chi connectivity index (χ4n) is 3.55. The summed E-state index contributed by atoms with van der Waals surface area (Å²) >= 11 is 0. The topological polar surface area (TPSA) is 80.3 Å². The Morgan fingerprint density at radius 2 is 1.38 bits per heavy atom.